The fourth-order valence-electron chi connectivity index (χ4n) is 2.04. The van der Waals surface area contributed by atoms with Crippen LogP contribution in [0.15, 0.2) is 6.20 Å². The third kappa shape index (κ3) is 3.93. The molecule has 0 spiro atoms. The highest BCUT2D eigenvalue weighted by atomic mass is 15.4. The summed E-state index contributed by atoms with van der Waals surface area (Å²) in [7, 11) is 1.91. The molecule has 0 bridgehead atoms. The summed E-state index contributed by atoms with van der Waals surface area (Å²) >= 11 is 0. The predicted molar refractivity (Wildman–Crippen MR) is 66.2 cm³/mol. The van der Waals surface area contributed by atoms with Crippen LogP contribution in [0.1, 0.15) is 39.3 Å². The van der Waals surface area contributed by atoms with Crippen LogP contribution >= 0.6 is 0 Å². The summed E-state index contributed by atoms with van der Waals surface area (Å²) < 4.78 is 1.77. The maximum absolute atomic E-state index is 4.14. The Labute approximate surface area is 98.4 Å². The lowest BCUT2D eigenvalue weighted by Gasteiger charge is -2.23. The van der Waals surface area contributed by atoms with Crippen molar-refractivity contribution < 1.29 is 0 Å². The number of nitrogens with zero attached hydrogens (tertiary/aromatic N) is 3. The van der Waals surface area contributed by atoms with Gasteiger partial charge in [0.05, 0.1) is 5.69 Å². The van der Waals surface area contributed by atoms with E-state index in [1.807, 2.05) is 13.2 Å². The molecule has 1 aromatic heterocycles. The number of hydrogen-bond acceptors (Lipinski definition) is 3. The van der Waals surface area contributed by atoms with Crippen LogP contribution < -0.4 is 5.32 Å². The highest BCUT2D eigenvalue weighted by Gasteiger charge is 2.16. The molecule has 2 unspecified atom stereocenters. The number of rotatable bonds is 7. The van der Waals surface area contributed by atoms with Crippen molar-refractivity contribution in [3.63, 3.8) is 0 Å². The second kappa shape index (κ2) is 6.63. The van der Waals surface area contributed by atoms with Gasteiger partial charge in [0.25, 0.3) is 0 Å². The largest absolute Gasteiger partial charge is 0.314 e. The van der Waals surface area contributed by atoms with E-state index >= 15 is 0 Å². The van der Waals surface area contributed by atoms with E-state index in [9.17, 15) is 0 Å². The third-order valence-corrected chi connectivity index (χ3v) is 2.96. The molecule has 0 saturated carbocycles. The van der Waals surface area contributed by atoms with Crippen molar-refractivity contribution in [1.82, 2.24) is 20.3 Å². The molecular weight excluding hydrogens is 200 g/mol. The van der Waals surface area contributed by atoms with Crippen molar-refractivity contribution in [2.45, 2.75) is 46.1 Å². The monoisotopic (exact) mass is 224 g/mol. The Hall–Kier alpha value is -0.900. The van der Waals surface area contributed by atoms with E-state index in [0.29, 0.717) is 12.0 Å². The molecule has 0 fully saturated rings. The van der Waals surface area contributed by atoms with Crippen LogP contribution in [0.5, 0.6) is 0 Å². The van der Waals surface area contributed by atoms with Gasteiger partial charge < -0.3 is 5.32 Å². The van der Waals surface area contributed by atoms with Gasteiger partial charge in [-0.2, -0.15) is 0 Å². The minimum absolute atomic E-state index is 0.585. The van der Waals surface area contributed by atoms with Gasteiger partial charge >= 0.3 is 0 Å². The van der Waals surface area contributed by atoms with Gasteiger partial charge in [0, 0.05) is 19.3 Å². The number of hydrogen-bond donors (Lipinski definition) is 1. The van der Waals surface area contributed by atoms with Gasteiger partial charge in [0.1, 0.15) is 0 Å². The lowest BCUT2D eigenvalue weighted by Crippen LogP contribution is -2.35. The van der Waals surface area contributed by atoms with Gasteiger partial charge in [0.15, 0.2) is 0 Å². The van der Waals surface area contributed by atoms with Crippen LogP contribution in [0, 0.1) is 5.92 Å². The summed E-state index contributed by atoms with van der Waals surface area (Å²) in [6.45, 7) is 7.82. The van der Waals surface area contributed by atoms with Gasteiger partial charge in [0.2, 0.25) is 0 Å². The molecule has 1 aromatic rings. The standard InChI is InChI=1S/C12H24N4/c1-5-7-13-12(6-2)10(3)8-11-9-16(4)15-14-11/h9-10,12-13H,5-8H2,1-4H3. The molecule has 4 nitrogen and oxygen atoms in total. The number of aromatic nitrogens is 3. The average Bonchev–Trinajstić information content (AvgIpc) is 2.65. The molecule has 0 saturated heterocycles. The summed E-state index contributed by atoms with van der Waals surface area (Å²) in [6, 6.07) is 0.585. The molecule has 0 aliphatic carbocycles. The zero-order chi connectivity index (χ0) is 12.0. The Kier molecular flexibility index (Phi) is 5.46. The van der Waals surface area contributed by atoms with E-state index in [-0.39, 0.29) is 0 Å². The fourth-order valence-corrected chi connectivity index (χ4v) is 2.04. The van der Waals surface area contributed by atoms with E-state index in [2.05, 4.69) is 36.4 Å². The minimum Gasteiger partial charge on any atom is -0.314 e. The SMILES string of the molecule is CCCNC(CC)C(C)Cc1cn(C)nn1. The molecular formula is C12H24N4. The van der Waals surface area contributed by atoms with Gasteiger partial charge in [-0.25, -0.2) is 0 Å². The Morgan fingerprint density at radius 1 is 1.44 bits per heavy atom. The predicted octanol–water partition coefficient (Wildman–Crippen LogP) is 1.77. The van der Waals surface area contributed by atoms with Crippen molar-refractivity contribution in [3.05, 3.63) is 11.9 Å². The zero-order valence-corrected chi connectivity index (χ0v) is 10.9. The summed E-state index contributed by atoms with van der Waals surface area (Å²) in [5, 5.41) is 11.7. The van der Waals surface area contributed by atoms with Crippen LogP contribution in [0.25, 0.3) is 0 Å². The highest BCUT2D eigenvalue weighted by molar-refractivity contribution is 4.95. The average molecular weight is 224 g/mol. The lowest BCUT2D eigenvalue weighted by atomic mass is 9.95. The normalized spacial score (nSPS) is 15.0. The molecule has 4 heteroatoms. The first kappa shape index (κ1) is 13.2. The van der Waals surface area contributed by atoms with Crippen molar-refractivity contribution in [2.24, 2.45) is 13.0 Å². The smallest absolute Gasteiger partial charge is 0.0830 e. The van der Waals surface area contributed by atoms with Gasteiger partial charge in [-0.1, -0.05) is 26.0 Å². The van der Waals surface area contributed by atoms with Gasteiger partial charge in [-0.15, -0.1) is 5.10 Å². The van der Waals surface area contributed by atoms with Crippen LogP contribution in [0.4, 0.5) is 0 Å². The molecule has 0 radical (unpaired) electrons. The van der Waals surface area contributed by atoms with Crippen LogP contribution in [-0.2, 0) is 13.5 Å². The van der Waals surface area contributed by atoms with E-state index in [4.69, 9.17) is 0 Å². The zero-order valence-electron chi connectivity index (χ0n) is 10.9. The third-order valence-electron chi connectivity index (χ3n) is 2.96. The Morgan fingerprint density at radius 2 is 2.19 bits per heavy atom. The van der Waals surface area contributed by atoms with Crippen molar-refractivity contribution in [3.8, 4) is 0 Å². The molecule has 1 rings (SSSR count). The van der Waals surface area contributed by atoms with Crippen LogP contribution in [-0.4, -0.2) is 27.6 Å². The van der Waals surface area contributed by atoms with Gasteiger partial charge in [-0.05, 0) is 31.7 Å². The topological polar surface area (TPSA) is 42.7 Å². The molecule has 2 atom stereocenters. The van der Waals surface area contributed by atoms with Crippen molar-refractivity contribution in [1.29, 1.82) is 0 Å². The highest BCUT2D eigenvalue weighted by Crippen LogP contribution is 2.12. The quantitative estimate of drug-likeness (QED) is 0.767. The molecule has 0 aliphatic rings. The fraction of sp³-hybridized carbons (Fsp3) is 0.833. The summed E-state index contributed by atoms with van der Waals surface area (Å²) in [5.41, 5.74) is 1.09. The van der Waals surface area contributed by atoms with Crippen molar-refractivity contribution >= 4 is 0 Å². The Morgan fingerprint density at radius 3 is 2.69 bits per heavy atom. The molecule has 1 N–H and O–H groups in total. The maximum atomic E-state index is 4.14. The molecule has 0 aliphatic heterocycles. The first-order valence-electron chi connectivity index (χ1n) is 6.25. The molecule has 0 aromatic carbocycles. The second-order valence-corrected chi connectivity index (χ2v) is 4.53. The number of aryl methyl sites for hydroxylation is 1. The number of nitrogens with one attached hydrogen (secondary N) is 1. The summed E-state index contributed by atoms with van der Waals surface area (Å²) in [4.78, 5) is 0. The summed E-state index contributed by atoms with van der Waals surface area (Å²) in [5.74, 6) is 0.605. The minimum atomic E-state index is 0.585. The Bertz CT molecular complexity index is 295. The first-order valence-corrected chi connectivity index (χ1v) is 6.25. The first-order chi connectivity index (χ1) is 7.67. The van der Waals surface area contributed by atoms with E-state index < -0.39 is 0 Å². The van der Waals surface area contributed by atoms with Crippen molar-refractivity contribution in [2.75, 3.05) is 6.54 Å². The molecule has 1 heterocycles. The van der Waals surface area contributed by atoms with Crippen LogP contribution in [0.2, 0.25) is 0 Å². The maximum Gasteiger partial charge on any atom is 0.0830 e. The van der Waals surface area contributed by atoms with E-state index in [1.54, 1.807) is 4.68 Å². The lowest BCUT2D eigenvalue weighted by molar-refractivity contribution is 0.362. The molecule has 0 amide bonds. The molecule has 92 valence electrons. The molecule has 16 heavy (non-hydrogen) atoms. The second-order valence-electron chi connectivity index (χ2n) is 4.53. The van der Waals surface area contributed by atoms with E-state index in [1.165, 1.54) is 12.8 Å². The van der Waals surface area contributed by atoms with Gasteiger partial charge in [-0.3, -0.25) is 4.68 Å². The van der Waals surface area contributed by atoms with E-state index in [0.717, 1.165) is 18.7 Å². The summed E-state index contributed by atoms with van der Waals surface area (Å²) in [6.07, 6.45) is 5.36. The Balaban J connectivity index is 2.45. The van der Waals surface area contributed by atoms with Crippen LogP contribution in [0.3, 0.4) is 0 Å².